The van der Waals surface area contributed by atoms with Crippen molar-refractivity contribution in [1.82, 2.24) is 9.88 Å². The molecule has 2 aromatic rings. The first-order chi connectivity index (χ1) is 13.7. The Balaban J connectivity index is 1.69. The van der Waals surface area contributed by atoms with E-state index in [4.69, 9.17) is 19.2 Å². The highest BCUT2D eigenvalue weighted by Gasteiger charge is 2.25. The number of fused-ring (bicyclic) bond motifs is 2. The van der Waals surface area contributed by atoms with Crippen LogP contribution in [0, 0.1) is 0 Å². The third kappa shape index (κ3) is 3.76. The van der Waals surface area contributed by atoms with Crippen molar-refractivity contribution >= 4 is 16.6 Å². The Hall–Kier alpha value is -2.05. The molecule has 1 aromatic heterocycles. The van der Waals surface area contributed by atoms with E-state index in [1.54, 1.807) is 21.3 Å². The summed E-state index contributed by atoms with van der Waals surface area (Å²) in [6, 6.07) is 4.52. The van der Waals surface area contributed by atoms with Crippen LogP contribution in [0.5, 0.6) is 11.5 Å². The summed E-state index contributed by atoms with van der Waals surface area (Å²) in [6.45, 7) is 3.99. The second-order valence-corrected chi connectivity index (χ2v) is 7.77. The fourth-order valence-corrected chi connectivity index (χ4v) is 4.56. The average Bonchev–Trinajstić information content (AvgIpc) is 3.19. The molecule has 2 aliphatic rings. The number of pyridine rings is 1. The number of aryl methyl sites for hydroxylation is 1. The van der Waals surface area contributed by atoms with Crippen LogP contribution >= 0.6 is 0 Å². The van der Waals surface area contributed by atoms with E-state index < -0.39 is 0 Å². The Labute approximate surface area is 167 Å². The van der Waals surface area contributed by atoms with Crippen molar-refractivity contribution in [2.75, 3.05) is 52.9 Å². The quantitative estimate of drug-likeness (QED) is 0.790. The Kier molecular flexibility index (Phi) is 5.87. The van der Waals surface area contributed by atoms with Crippen LogP contribution in [-0.2, 0) is 17.6 Å². The number of benzene rings is 1. The second-order valence-electron chi connectivity index (χ2n) is 7.77. The van der Waals surface area contributed by atoms with Crippen molar-refractivity contribution in [2.24, 2.45) is 0 Å². The molecule has 0 amide bonds. The summed E-state index contributed by atoms with van der Waals surface area (Å²) in [6.07, 6.45) is 5.72. The maximum atomic E-state index is 5.57. The van der Waals surface area contributed by atoms with Crippen LogP contribution < -0.4 is 14.8 Å². The minimum absolute atomic E-state index is 0.439. The minimum Gasteiger partial charge on any atom is -0.493 e. The van der Waals surface area contributed by atoms with Crippen molar-refractivity contribution in [3.8, 4) is 11.5 Å². The normalized spacial score (nSPS) is 19.6. The van der Waals surface area contributed by atoms with Crippen molar-refractivity contribution in [2.45, 2.75) is 38.1 Å². The fraction of sp³-hybridized carbons (Fsp3) is 0.591. The molecule has 1 aliphatic carbocycles. The van der Waals surface area contributed by atoms with Gasteiger partial charge in [0.25, 0.3) is 0 Å². The lowest BCUT2D eigenvalue weighted by atomic mass is 10.0. The summed E-state index contributed by atoms with van der Waals surface area (Å²) < 4.78 is 16.3. The number of rotatable bonds is 7. The summed E-state index contributed by atoms with van der Waals surface area (Å²) in [7, 11) is 5.13. The smallest absolute Gasteiger partial charge is 0.162 e. The number of nitrogens with one attached hydrogen (secondary N) is 1. The van der Waals surface area contributed by atoms with E-state index in [-0.39, 0.29) is 0 Å². The average molecular weight is 386 g/mol. The Bertz CT molecular complexity index is 840. The molecule has 152 valence electrons. The van der Waals surface area contributed by atoms with Gasteiger partial charge in [0.2, 0.25) is 0 Å². The van der Waals surface area contributed by atoms with Crippen LogP contribution in [0.4, 0.5) is 5.69 Å². The van der Waals surface area contributed by atoms with E-state index in [0.29, 0.717) is 6.04 Å². The number of methoxy groups -OCH3 is 3. The monoisotopic (exact) mass is 385 g/mol. The maximum absolute atomic E-state index is 5.57. The molecule has 2 heterocycles. The zero-order valence-corrected chi connectivity index (χ0v) is 17.2. The van der Waals surface area contributed by atoms with Crippen LogP contribution in [0.15, 0.2) is 12.1 Å². The van der Waals surface area contributed by atoms with Crippen molar-refractivity contribution < 1.29 is 14.2 Å². The van der Waals surface area contributed by atoms with Crippen molar-refractivity contribution in [1.29, 1.82) is 0 Å². The van der Waals surface area contributed by atoms with Gasteiger partial charge < -0.3 is 19.5 Å². The third-order valence-electron chi connectivity index (χ3n) is 5.98. The summed E-state index contributed by atoms with van der Waals surface area (Å²) in [4.78, 5) is 7.44. The fourth-order valence-electron chi connectivity index (χ4n) is 4.56. The van der Waals surface area contributed by atoms with Gasteiger partial charge in [0.1, 0.15) is 0 Å². The van der Waals surface area contributed by atoms with Crippen LogP contribution in [0.2, 0.25) is 0 Å². The zero-order chi connectivity index (χ0) is 19.5. The van der Waals surface area contributed by atoms with Crippen molar-refractivity contribution in [3.63, 3.8) is 0 Å². The molecule has 0 radical (unpaired) electrons. The molecule has 1 saturated heterocycles. The number of hydrogen-bond acceptors (Lipinski definition) is 6. The standard InChI is InChI=1S/C22H31N3O3/c1-26-11-10-25-9-5-6-15(14-25)23-22-16-7-4-8-18(16)24-19-13-21(28-3)20(27-2)12-17(19)22/h12-13,15H,4-11,14H2,1-3H3,(H,23,24)/t15-/m1/s1. The van der Waals surface area contributed by atoms with Gasteiger partial charge in [-0.3, -0.25) is 9.88 Å². The number of ether oxygens (including phenoxy) is 3. The van der Waals surface area contributed by atoms with Crippen LogP contribution in [0.3, 0.4) is 0 Å². The Morgan fingerprint density at radius 3 is 2.71 bits per heavy atom. The van der Waals surface area contributed by atoms with Gasteiger partial charge in [-0.05, 0) is 50.3 Å². The van der Waals surface area contributed by atoms with E-state index in [1.807, 2.05) is 6.07 Å². The first-order valence-corrected chi connectivity index (χ1v) is 10.3. The predicted molar refractivity (Wildman–Crippen MR) is 112 cm³/mol. The largest absolute Gasteiger partial charge is 0.493 e. The van der Waals surface area contributed by atoms with E-state index in [2.05, 4.69) is 16.3 Å². The topological polar surface area (TPSA) is 55.9 Å². The molecule has 28 heavy (non-hydrogen) atoms. The van der Waals surface area contributed by atoms with Crippen LogP contribution in [0.25, 0.3) is 10.9 Å². The SMILES string of the molecule is COCCN1CCC[C@@H](Nc2c3c(nc4cc(OC)c(OC)cc24)CCC3)C1. The molecule has 1 aliphatic heterocycles. The molecule has 0 bridgehead atoms. The molecular formula is C22H31N3O3. The van der Waals surface area contributed by atoms with Crippen LogP contribution in [0.1, 0.15) is 30.5 Å². The molecule has 0 saturated carbocycles. The van der Waals surface area contributed by atoms with Gasteiger partial charge in [-0.15, -0.1) is 0 Å². The Morgan fingerprint density at radius 1 is 1.11 bits per heavy atom. The van der Waals surface area contributed by atoms with Gasteiger partial charge in [-0.25, -0.2) is 0 Å². The number of piperidine rings is 1. The highest BCUT2D eigenvalue weighted by molar-refractivity contribution is 5.96. The first-order valence-electron chi connectivity index (χ1n) is 10.3. The minimum atomic E-state index is 0.439. The Morgan fingerprint density at radius 2 is 1.93 bits per heavy atom. The number of anilines is 1. The molecule has 0 spiro atoms. The molecule has 6 heteroatoms. The van der Waals surface area contributed by atoms with E-state index in [0.717, 1.165) is 61.5 Å². The first kappa shape index (κ1) is 19.3. The second kappa shape index (κ2) is 8.53. The molecule has 1 aromatic carbocycles. The highest BCUT2D eigenvalue weighted by atomic mass is 16.5. The summed E-state index contributed by atoms with van der Waals surface area (Å²) in [5.74, 6) is 1.48. The zero-order valence-electron chi connectivity index (χ0n) is 17.2. The van der Waals surface area contributed by atoms with Gasteiger partial charge in [-0.1, -0.05) is 0 Å². The van der Waals surface area contributed by atoms with Crippen molar-refractivity contribution in [3.05, 3.63) is 23.4 Å². The number of aromatic nitrogens is 1. The maximum Gasteiger partial charge on any atom is 0.162 e. The number of hydrogen-bond donors (Lipinski definition) is 1. The third-order valence-corrected chi connectivity index (χ3v) is 5.98. The molecule has 1 fully saturated rings. The van der Waals surface area contributed by atoms with Gasteiger partial charge in [0.15, 0.2) is 11.5 Å². The molecule has 1 N–H and O–H groups in total. The number of nitrogens with zero attached hydrogens (tertiary/aromatic N) is 2. The molecule has 1 atom stereocenters. The number of likely N-dealkylation sites (tertiary alicyclic amines) is 1. The van der Waals surface area contributed by atoms with E-state index >= 15 is 0 Å². The predicted octanol–water partition coefficient (Wildman–Crippen LogP) is 3.26. The lowest BCUT2D eigenvalue weighted by molar-refractivity contribution is 0.131. The molecule has 4 rings (SSSR count). The summed E-state index contributed by atoms with van der Waals surface area (Å²) in [5.41, 5.74) is 4.84. The van der Waals surface area contributed by atoms with Gasteiger partial charge in [0, 0.05) is 49.1 Å². The van der Waals surface area contributed by atoms with Gasteiger partial charge in [-0.2, -0.15) is 0 Å². The molecular weight excluding hydrogens is 354 g/mol. The summed E-state index contributed by atoms with van der Waals surface area (Å²) >= 11 is 0. The summed E-state index contributed by atoms with van der Waals surface area (Å²) in [5, 5.41) is 5.03. The molecule has 0 unspecified atom stereocenters. The molecule has 6 nitrogen and oxygen atoms in total. The van der Waals surface area contributed by atoms with E-state index in [1.165, 1.54) is 36.2 Å². The lowest BCUT2D eigenvalue weighted by Crippen LogP contribution is -2.43. The van der Waals surface area contributed by atoms with Crippen LogP contribution in [-0.4, -0.2) is 63.5 Å². The van der Waals surface area contributed by atoms with E-state index in [9.17, 15) is 0 Å². The lowest BCUT2D eigenvalue weighted by Gasteiger charge is -2.34. The van der Waals surface area contributed by atoms with Gasteiger partial charge >= 0.3 is 0 Å². The highest BCUT2D eigenvalue weighted by Crippen LogP contribution is 2.40. The van der Waals surface area contributed by atoms with Gasteiger partial charge in [0.05, 0.1) is 26.3 Å².